The number of halogens is 6. The summed E-state index contributed by atoms with van der Waals surface area (Å²) in [6.07, 6.45) is -5.62. The molecule has 0 spiro atoms. The van der Waals surface area contributed by atoms with Crippen molar-refractivity contribution >= 4 is 23.0 Å². The summed E-state index contributed by atoms with van der Waals surface area (Å²) in [6, 6.07) is 9.14. The number of nitrogens with zero attached hydrogens (tertiary/aromatic N) is 3. The zero-order chi connectivity index (χ0) is 22.2. The first kappa shape index (κ1) is 21.0. The largest absolute Gasteiger partial charge is 0.416 e. The highest BCUT2D eigenvalue weighted by Gasteiger charge is 2.33. The van der Waals surface area contributed by atoms with Gasteiger partial charge in [0.15, 0.2) is 11.7 Å². The van der Waals surface area contributed by atoms with Gasteiger partial charge in [0.05, 0.1) is 16.8 Å². The molecule has 0 unspecified atom stereocenters. The van der Waals surface area contributed by atoms with Crippen molar-refractivity contribution in [3.8, 4) is 0 Å². The number of alkyl halides is 6. The van der Waals surface area contributed by atoms with Crippen LogP contribution in [-0.4, -0.2) is 23.1 Å². The van der Waals surface area contributed by atoms with Crippen LogP contribution in [0.25, 0.3) is 0 Å². The molecule has 0 atom stereocenters. The molecule has 10 heteroatoms. The van der Waals surface area contributed by atoms with E-state index in [1.54, 1.807) is 4.90 Å². The van der Waals surface area contributed by atoms with Gasteiger partial charge >= 0.3 is 12.4 Å². The molecule has 31 heavy (non-hydrogen) atoms. The highest BCUT2D eigenvalue weighted by Crippen LogP contribution is 2.33. The number of benzene rings is 2. The maximum Gasteiger partial charge on any atom is 0.416 e. The van der Waals surface area contributed by atoms with Crippen LogP contribution < -0.4 is 5.32 Å². The predicted octanol–water partition coefficient (Wildman–Crippen LogP) is 6.22. The number of fused-ring (bicyclic) bond motifs is 1. The number of allylic oxidation sites excluding steroid dienone is 1. The van der Waals surface area contributed by atoms with Gasteiger partial charge < -0.3 is 10.2 Å². The second kappa shape index (κ2) is 7.75. The van der Waals surface area contributed by atoms with Crippen molar-refractivity contribution < 1.29 is 26.3 Å². The lowest BCUT2D eigenvalue weighted by Crippen LogP contribution is -2.34. The second-order valence-electron chi connectivity index (χ2n) is 7.00. The molecule has 2 aliphatic heterocycles. The van der Waals surface area contributed by atoms with E-state index in [2.05, 4.69) is 15.3 Å². The number of hydrogen-bond donors (Lipinski definition) is 1. The lowest BCUT2D eigenvalue weighted by atomic mass is 10.2. The molecule has 0 radical (unpaired) electrons. The molecule has 0 aliphatic carbocycles. The summed E-state index contributed by atoms with van der Waals surface area (Å²) in [6.45, 7) is 0.543. The van der Waals surface area contributed by atoms with Crippen LogP contribution in [0.4, 0.5) is 37.7 Å². The molecule has 0 aromatic heterocycles. The van der Waals surface area contributed by atoms with Crippen LogP contribution in [0.2, 0.25) is 0 Å². The van der Waals surface area contributed by atoms with Gasteiger partial charge in [-0.1, -0.05) is 12.1 Å². The highest BCUT2D eigenvalue weighted by atomic mass is 19.4. The minimum absolute atomic E-state index is 0.0650. The van der Waals surface area contributed by atoms with Crippen molar-refractivity contribution in [1.29, 1.82) is 0 Å². The first-order valence-electron chi connectivity index (χ1n) is 9.38. The molecule has 2 heterocycles. The van der Waals surface area contributed by atoms with Crippen molar-refractivity contribution in [2.75, 3.05) is 11.9 Å². The zero-order valence-corrected chi connectivity index (χ0v) is 15.9. The van der Waals surface area contributed by atoms with Crippen molar-refractivity contribution in [2.24, 2.45) is 9.98 Å². The summed E-state index contributed by atoms with van der Waals surface area (Å²) in [5.74, 6) is 0.985. The number of hydrogen-bond acceptors (Lipinski definition) is 3. The predicted molar refractivity (Wildman–Crippen MR) is 105 cm³/mol. The van der Waals surface area contributed by atoms with Gasteiger partial charge in [-0.15, -0.1) is 0 Å². The molecular formula is C21H16F6N4. The monoisotopic (exact) mass is 438 g/mol. The fourth-order valence-corrected chi connectivity index (χ4v) is 3.30. The summed E-state index contributed by atoms with van der Waals surface area (Å²) in [5.41, 5.74) is -1.46. The third-order valence-corrected chi connectivity index (χ3v) is 4.74. The van der Waals surface area contributed by atoms with Crippen LogP contribution in [0.1, 0.15) is 24.0 Å². The Balaban J connectivity index is 1.71. The summed E-state index contributed by atoms with van der Waals surface area (Å²) < 4.78 is 78.2. The normalized spacial score (nSPS) is 18.0. The lowest BCUT2D eigenvalue weighted by molar-refractivity contribution is -0.138. The van der Waals surface area contributed by atoms with E-state index in [1.807, 2.05) is 6.08 Å². The third kappa shape index (κ3) is 4.57. The molecular weight excluding hydrogens is 422 g/mol. The average Bonchev–Trinajstić information content (AvgIpc) is 3.04. The Labute approximate surface area is 173 Å². The second-order valence-corrected chi connectivity index (χ2v) is 7.00. The molecule has 0 amide bonds. The minimum atomic E-state index is -4.52. The first-order chi connectivity index (χ1) is 14.6. The van der Waals surface area contributed by atoms with Crippen LogP contribution in [0.15, 0.2) is 70.4 Å². The van der Waals surface area contributed by atoms with E-state index < -0.39 is 23.5 Å². The Kier molecular flexibility index (Phi) is 5.24. The van der Waals surface area contributed by atoms with E-state index in [1.165, 1.54) is 24.3 Å². The van der Waals surface area contributed by atoms with Gasteiger partial charge in [-0.3, -0.25) is 0 Å². The van der Waals surface area contributed by atoms with E-state index in [0.717, 1.165) is 37.1 Å². The Morgan fingerprint density at radius 1 is 0.903 bits per heavy atom. The SMILES string of the molecule is FC(F)(F)c1cccc(N=C2C(Nc3cccc(C(F)(F)F)c3)=NC3=CCCCN32)c1. The van der Waals surface area contributed by atoms with Gasteiger partial charge in [-0.2, -0.15) is 26.3 Å². The van der Waals surface area contributed by atoms with Crippen molar-refractivity contribution in [1.82, 2.24) is 4.90 Å². The van der Waals surface area contributed by atoms with Gasteiger partial charge in [0, 0.05) is 12.2 Å². The van der Waals surface area contributed by atoms with Gasteiger partial charge in [0.25, 0.3) is 0 Å². The summed E-state index contributed by atoms with van der Waals surface area (Å²) in [7, 11) is 0. The summed E-state index contributed by atoms with van der Waals surface area (Å²) in [5, 5.41) is 2.84. The van der Waals surface area contributed by atoms with Crippen molar-refractivity contribution in [3.63, 3.8) is 0 Å². The van der Waals surface area contributed by atoms with Crippen LogP contribution in [-0.2, 0) is 12.4 Å². The van der Waals surface area contributed by atoms with E-state index >= 15 is 0 Å². The topological polar surface area (TPSA) is 40.0 Å². The van der Waals surface area contributed by atoms with E-state index in [4.69, 9.17) is 0 Å². The van der Waals surface area contributed by atoms with Crippen LogP contribution in [0.3, 0.4) is 0 Å². The number of nitrogens with one attached hydrogen (secondary N) is 1. The summed E-state index contributed by atoms with van der Waals surface area (Å²) in [4.78, 5) is 10.5. The molecule has 4 nitrogen and oxygen atoms in total. The lowest BCUT2D eigenvalue weighted by Gasteiger charge is -2.23. The number of amidine groups is 2. The fraction of sp³-hybridized carbons (Fsp3) is 0.238. The summed E-state index contributed by atoms with van der Waals surface area (Å²) >= 11 is 0. The Morgan fingerprint density at radius 3 is 2.29 bits per heavy atom. The van der Waals surface area contributed by atoms with E-state index in [-0.39, 0.29) is 23.0 Å². The molecule has 162 valence electrons. The fourth-order valence-electron chi connectivity index (χ4n) is 3.30. The standard InChI is InChI=1S/C21H16F6N4/c22-20(23,24)13-5-3-7-15(11-13)28-18-19(31-10-2-1-9-17(31)30-18)29-16-8-4-6-14(12-16)21(25,26)27/h3-9,11-12H,1-2,10H2,(H,28,30). The molecule has 0 saturated heterocycles. The Bertz CT molecular complexity index is 1080. The van der Waals surface area contributed by atoms with Gasteiger partial charge in [-0.25, -0.2) is 9.98 Å². The van der Waals surface area contributed by atoms with Crippen molar-refractivity contribution in [3.05, 3.63) is 71.6 Å². The first-order valence-corrected chi connectivity index (χ1v) is 9.38. The molecule has 1 N–H and O–H groups in total. The number of aliphatic imine (C=N–C) groups is 2. The smallest absolute Gasteiger partial charge is 0.337 e. The maximum absolute atomic E-state index is 13.1. The highest BCUT2D eigenvalue weighted by molar-refractivity contribution is 6.47. The van der Waals surface area contributed by atoms with E-state index in [0.29, 0.717) is 12.4 Å². The molecule has 0 bridgehead atoms. The molecule has 4 rings (SSSR count). The Hall–Kier alpha value is -3.30. The van der Waals surface area contributed by atoms with Crippen LogP contribution >= 0.6 is 0 Å². The molecule has 2 aromatic carbocycles. The molecule has 2 aliphatic rings. The van der Waals surface area contributed by atoms with E-state index in [9.17, 15) is 26.3 Å². The molecule has 0 saturated carbocycles. The maximum atomic E-state index is 13.1. The van der Waals surface area contributed by atoms with Crippen LogP contribution in [0.5, 0.6) is 0 Å². The average molecular weight is 438 g/mol. The minimum Gasteiger partial charge on any atom is -0.337 e. The number of rotatable bonds is 2. The van der Waals surface area contributed by atoms with Gasteiger partial charge in [-0.05, 0) is 55.3 Å². The number of anilines is 1. The third-order valence-electron chi connectivity index (χ3n) is 4.74. The van der Waals surface area contributed by atoms with Crippen molar-refractivity contribution in [2.45, 2.75) is 25.2 Å². The van der Waals surface area contributed by atoms with Crippen LogP contribution in [0, 0.1) is 0 Å². The molecule has 0 fully saturated rings. The van der Waals surface area contributed by atoms with Gasteiger partial charge in [0.2, 0.25) is 0 Å². The quantitative estimate of drug-likeness (QED) is 0.566. The molecule has 2 aromatic rings. The zero-order valence-electron chi connectivity index (χ0n) is 15.9. The van der Waals surface area contributed by atoms with Gasteiger partial charge in [0.1, 0.15) is 5.82 Å². The Morgan fingerprint density at radius 2 is 1.58 bits per heavy atom.